The molecule has 210 valence electrons. The van der Waals surface area contributed by atoms with E-state index in [2.05, 4.69) is 20.9 Å². The van der Waals surface area contributed by atoms with Crippen molar-refractivity contribution in [1.82, 2.24) is 4.98 Å². The van der Waals surface area contributed by atoms with Crippen molar-refractivity contribution in [1.29, 1.82) is 0 Å². The van der Waals surface area contributed by atoms with Crippen LogP contribution in [0.25, 0.3) is 11.3 Å². The molecule has 40 heavy (non-hydrogen) atoms. The van der Waals surface area contributed by atoms with Crippen molar-refractivity contribution in [2.75, 3.05) is 11.4 Å². The Bertz CT molecular complexity index is 1700. The molecule has 0 aliphatic heterocycles. The van der Waals surface area contributed by atoms with E-state index in [0.717, 1.165) is 27.8 Å². The Morgan fingerprint density at radius 2 is 1.75 bits per heavy atom. The fourth-order valence-electron chi connectivity index (χ4n) is 3.61. The molecule has 15 heteroatoms. The lowest BCUT2D eigenvalue weighted by molar-refractivity contribution is 0.0557. The number of halogens is 3. The van der Waals surface area contributed by atoms with Gasteiger partial charge in [-0.25, -0.2) is 22.5 Å². The highest BCUT2D eigenvalue weighted by Crippen LogP contribution is 2.60. The van der Waals surface area contributed by atoms with E-state index in [-0.39, 0.29) is 26.6 Å². The largest absolute Gasteiger partial charge is 0.465 e. The maximum absolute atomic E-state index is 14.3. The summed E-state index contributed by atoms with van der Waals surface area (Å²) in [6.07, 6.45) is 0. The molecular formula is C25H20BrF2N2O7PS2. The standard InChI is InChI=1S/C25H20BrF2N2O7PS2/c1-37-23(31)18-10-8-17(9-11-18)22-15-39-24(29-22)30(40(35,36)19-5-3-2-4-6-19)14-16-7-12-20(21(26)13-16)25(27,28)38(32,33)34/h2-13,15H,14H2,1H3,(H2,32,33,34). The Hall–Kier alpha value is -3.00. The number of thiazole rings is 1. The molecule has 1 heterocycles. The molecule has 4 aromatic rings. The average molecular weight is 673 g/mol. The van der Waals surface area contributed by atoms with E-state index in [9.17, 15) is 26.6 Å². The van der Waals surface area contributed by atoms with E-state index in [1.807, 2.05) is 0 Å². The first kappa shape index (κ1) is 30.0. The van der Waals surface area contributed by atoms with Gasteiger partial charge in [-0.2, -0.15) is 8.78 Å². The average Bonchev–Trinajstić information content (AvgIpc) is 3.41. The van der Waals surface area contributed by atoms with Gasteiger partial charge in [0.2, 0.25) is 0 Å². The molecule has 0 spiro atoms. The van der Waals surface area contributed by atoms with Crippen molar-refractivity contribution in [2.24, 2.45) is 0 Å². The van der Waals surface area contributed by atoms with Crippen molar-refractivity contribution < 1.29 is 41.1 Å². The number of hydrogen-bond donors (Lipinski definition) is 2. The fourth-order valence-corrected chi connectivity index (χ4v) is 7.43. The number of alkyl halides is 2. The first-order chi connectivity index (χ1) is 18.8. The number of methoxy groups -OCH3 is 1. The molecule has 0 aliphatic rings. The molecule has 0 aliphatic carbocycles. The van der Waals surface area contributed by atoms with Crippen molar-refractivity contribution in [3.8, 4) is 11.3 Å². The van der Waals surface area contributed by atoms with Crippen molar-refractivity contribution in [3.63, 3.8) is 0 Å². The highest BCUT2D eigenvalue weighted by atomic mass is 79.9. The lowest BCUT2D eigenvalue weighted by Crippen LogP contribution is -2.30. The minimum Gasteiger partial charge on any atom is -0.465 e. The van der Waals surface area contributed by atoms with Crippen LogP contribution in [0, 0.1) is 0 Å². The van der Waals surface area contributed by atoms with E-state index in [0.29, 0.717) is 16.8 Å². The highest BCUT2D eigenvalue weighted by molar-refractivity contribution is 9.10. The Balaban J connectivity index is 1.74. The summed E-state index contributed by atoms with van der Waals surface area (Å²) in [4.78, 5) is 34.4. The second-order valence-corrected chi connectivity index (χ2v) is 13.5. The Kier molecular flexibility index (Phi) is 8.60. The van der Waals surface area contributed by atoms with Crippen LogP contribution in [0.1, 0.15) is 21.5 Å². The van der Waals surface area contributed by atoms with Crippen molar-refractivity contribution in [2.45, 2.75) is 17.1 Å². The van der Waals surface area contributed by atoms with Crippen LogP contribution in [-0.2, 0) is 31.5 Å². The van der Waals surface area contributed by atoms with Gasteiger partial charge in [-0.15, -0.1) is 11.3 Å². The second-order valence-electron chi connectivity index (χ2n) is 8.31. The Labute approximate surface area is 240 Å². The molecule has 0 radical (unpaired) electrons. The van der Waals surface area contributed by atoms with Crippen LogP contribution in [0.15, 0.2) is 87.5 Å². The third kappa shape index (κ3) is 6.02. The van der Waals surface area contributed by atoms with Gasteiger partial charge in [0.25, 0.3) is 10.0 Å². The maximum atomic E-state index is 14.3. The molecule has 0 amide bonds. The normalized spacial score (nSPS) is 12.2. The predicted octanol–water partition coefficient (Wildman–Crippen LogP) is 5.98. The Morgan fingerprint density at radius 1 is 1.10 bits per heavy atom. The van der Waals surface area contributed by atoms with Crippen LogP contribution in [0.4, 0.5) is 13.9 Å². The number of esters is 1. The van der Waals surface area contributed by atoms with Gasteiger partial charge in [-0.05, 0) is 35.9 Å². The second kappa shape index (κ2) is 11.5. The monoisotopic (exact) mass is 672 g/mol. The van der Waals surface area contributed by atoms with Gasteiger partial charge in [0, 0.05) is 21.0 Å². The minimum atomic E-state index is -5.82. The maximum Gasteiger partial charge on any atom is 0.399 e. The molecule has 9 nitrogen and oxygen atoms in total. The first-order valence-electron chi connectivity index (χ1n) is 11.2. The summed E-state index contributed by atoms with van der Waals surface area (Å²) in [5.74, 6) is -0.513. The molecule has 0 saturated heterocycles. The van der Waals surface area contributed by atoms with Gasteiger partial charge in [0.15, 0.2) is 5.13 Å². The van der Waals surface area contributed by atoms with Gasteiger partial charge in [-0.3, -0.25) is 4.57 Å². The minimum absolute atomic E-state index is 0.0297. The van der Waals surface area contributed by atoms with Crippen LogP contribution >= 0.6 is 34.9 Å². The SMILES string of the molecule is COC(=O)c1ccc(-c2csc(N(Cc3ccc(C(F)(F)P(=O)(O)O)c(Br)c3)S(=O)(=O)c3ccccc3)n2)cc1. The third-order valence-electron chi connectivity index (χ3n) is 5.69. The number of rotatable bonds is 9. The summed E-state index contributed by atoms with van der Waals surface area (Å²) in [5, 5.41) is 1.71. The van der Waals surface area contributed by atoms with E-state index < -0.39 is 34.8 Å². The summed E-state index contributed by atoms with van der Waals surface area (Å²) in [5.41, 5.74) is -3.77. The fraction of sp³-hybridized carbons (Fsp3) is 0.120. The van der Waals surface area contributed by atoms with E-state index >= 15 is 0 Å². The molecular weight excluding hydrogens is 653 g/mol. The zero-order valence-electron chi connectivity index (χ0n) is 20.4. The van der Waals surface area contributed by atoms with Gasteiger partial charge in [0.05, 0.1) is 29.8 Å². The molecule has 1 aromatic heterocycles. The number of hydrogen-bond acceptors (Lipinski definition) is 7. The third-order valence-corrected chi connectivity index (χ3v) is 10.0. The van der Waals surface area contributed by atoms with Crippen molar-refractivity contribution >= 4 is 56.0 Å². The zero-order valence-corrected chi connectivity index (χ0v) is 24.6. The number of ether oxygens (including phenoxy) is 1. The van der Waals surface area contributed by atoms with Gasteiger partial charge >= 0.3 is 19.2 Å². The van der Waals surface area contributed by atoms with E-state index in [4.69, 9.17) is 14.5 Å². The lowest BCUT2D eigenvalue weighted by atomic mass is 10.1. The number of aromatic nitrogens is 1. The summed E-state index contributed by atoms with van der Waals surface area (Å²) in [6.45, 7) is -0.328. The zero-order chi connectivity index (χ0) is 29.3. The van der Waals surface area contributed by atoms with Crippen LogP contribution < -0.4 is 4.31 Å². The lowest BCUT2D eigenvalue weighted by Gasteiger charge is -2.23. The number of carbonyl (C=O) groups is 1. The van der Waals surface area contributed by atoms with Crippen LogP contribution in [0.3, 0.4) is 0 Å². The van der Waals surface area contributed by atoms with Gasteiger partial charge in [-0.1, -0.05) is 58.4 Å². The van der Waals surface area contributed by atoms with E-state index in [1.54, 1.807) is 47.8 Å². The number of benzene rings is 3. The summed E-state index contributed by atoms with van der Waals surface area (Å²) >= 11 is 3.97. The quantitative estimate of drug-likeness (QED) is 0.164. The smallest absolute Gasteiger partial charge is 0.399 e. The molecule has 0 bridgehead atoms. The van der Waals surface area contributed by atoms with Crippen LogP contribution in [-0.4, -0.2) is 36.3 Å². The van der Waals surface area contributed by atoms with Crippen LogP contribution in [0.5, 0.6) is 0 Å². The van der Waals surface area contributed by atoms with Gasteiger partial charge in [0.1, 0.15) is 0 Å². The van der Waals surface area contributed by atoms with E-state index in [1.165, 1.54) is 25.3 Å². The number of anilines is 1. The highest BCUT2D eigenvalue weighted by Gasteiger charge is 2.51. The van der Waals surface area contributed by atoms with Crippen molar-refractivity contribution in [3.05, 3.63) is 99.3 Å². The summed E-state index contributed by atoms with van der Waals surface area (Å²) in [6, 6.07) is 17.1. The molecule has 0 fully saturated rings. The molecule has 4 rings (SSSR count). The number of nitrogens with zero attached hydrogens (tertiary/aromatic N) is 2. The summed E-state index contributed by atoms with van der Waals surface area (Å²) in [7, 11) is -8.74. The predicted molar refractivity (Wildman–Crippen MR) is 149 cm³/mol. The van der Waals surface area contributed by atoms with Crippen LogP contribution in [0.2, 0.25) is 0 Å². The topological polar surface area (TPSA) is 134 Å². The molecule has 0 atom stereocenters. The van der Waals surface area contributed by atoms with Gasteiger partial charge < -0.3 is 14.5 Å². The number of sulfonamides is 1. The Morgan fingerprint density at radius 3 is 2.33 bits per heavy atom. The molecule has 2 N–H and O–H groups in total. The molecule has 0 unspecified atom stereocenters. The summed E-state index contributed by atoms with van der Waals surface area (Å²) < 4.78 is 72.7. The number of carbonyl (C=O) groups excluding carboxylic acids is 1. The molecule has 3 aromatic carbocycles. The molecule has 0 saturated carbocycles. The first-order valence-corrected chi connectivity index (χ1v) is 15.9.